The fraction of sp³-hybridized carbons (Fsp3) is 0.824. The first-order valence-corrected chi connectivity index (χ1v) is 8.46. The van der Waals surface area contributed by atoms with E-state index < -0.39 is 0 Å². The van der Waals surface area contributed by atoms with Crippen molar-refractivity contribution >= 4 is 0 Å². The van der Waals surface area contributed by atoms with Crippen molar-refractivity contribution in [3.05, 3.63) is 17.0 Å². The highest BCUT2D eigenvalue weighted by Crippen LogP contribution is 2.29. The third-order valence-corrected chi connectivity index (χ3v) is 5.02. The molecule has 2 rings (SSSR count). The normalized spacial score (nSPS) is 21.1. The van der Waals surface area contributed by atoms with Crippen molar-refractivity contribution in [3.63, 3.8) is 0 Å². The Bertz CT molecular complexity index is 455. The van der Waals surface area contributed by atoms with E-state index in [9.17, 15) is 0 Å². The molecule has 0 spiro atoms. The number of nitrogens with zero attached hydrogens (tertiary/aromatic N) is 3. The summed E-state index contributed by atoms with van der Waals surface area (Å²) in [5.41, 5.74) is 3.70. The Balaban J connectivity index is 2.10. The first-order chi connectivity index (χ1) is 10.1. The van der Waals surface area contributed by atoms with E-state index in [1.807, 2.05) is 4.68 Å². The van der Waals surface area contributed by atoms with Gasteiger partial charge in [0.05, 0.1) is 18.8 Å². The van der Waals surface area contributed by atoms with Gasteiger partial charge in [-0.15, -0.1) is 0 Å². The van der Waals surface area contributed by atoms with Crippen LogP contribution in [0.25, 0.3) is 0 Å². The number of aryl methyl sites for hydroxylation is 1. The molecule has 0 bridgehead atoms. The molecule has 21 heavy (non-hydrogen) atoms. The fourth-order valence-corrected chi connectivity index (χ4v) is 3.82. The van der Waals surface area contributed by atoms with E-state index in [2.05, 4.69) is 37.7 Å². The molecule has 1 aromatic rings. The lowest BCUT2D eigenvalue weighted by molar-refractivity contribution is 0.182. The number of aliphatic hydroxyl groups excluding tert-OH is 1. The van der Waals surface area contributed by atoms with Crippen LogP contribution in [0.2, 0.25) is 0 Å². The smallest absolute Gasteiger partial charge is 0.0644 e. The van der Waals surface area contributed by atoms with Crippen molar-refractivity contribution in [2.45, 2.75) is 72.5 Å². The highest BCUT2D eigenvalue weighted by atomic mass is 16.3. The summed E-state index contributed by atoms with van der Waals surface area (Å²) >= 11 is 0. The Kier molecular flexibility index (Phi) is 5.82. The van der Waals surface area contributed by atoms with Crippen molar-refractivity contribution in [3.8, 4) is 0 Å². The number of hydrogen-bond acceptors (Lipinski definition) is 3. The number of aliphatic hydroxyl groups is 1. The second-order valence-corrected chi connectivity index (χ2v) is 6.54. The second-order valence-electron chi connectivity index (χ2n) is 6.54. The maximum absolute atomic E-state index is 9.13. The average molecular weight is 293 g/mol. The highest BCUT2D eigenvalue weighted by molar-refractivity contribution is 5.24. The third-order valence-electron chi connectivity index (χ3n) is 5.02. The van der Waals surface area contributed by atoms with Crippen molar-refractivity contribution in [2.24, 2.45) is 5.92 Å². The third kappa shape index (κ3) is 3.67. The monoisotopic (exact) mass is 293 g/mol. The minimum Gasteiger partial charge on any atom is -0.394 e. The molecule has 0 saturated carbocycles. The van der Waals surface area contributed by atoms with Crippen molar-refractivity contribution in [2.75, 3.05) is 13.2 Å². The Morgan fingerprint density at radius 1 is 1.38 bits per heavy atom. The molecule has 4 nitrogen and oxygen atoms in total. The Hall–Kier alpha value is -0.870. The maximum atomic E-state index is 9.13. The highest BCUT2D eigenvalue weighted by Gasteiger charge is 2.29. The molecular weight excluding hydrogens is 262 g/mol. The summed E-state index contributed by atoms with van der Waals surface area (Å²) < 4.78 is 1.95. The average Bonchev–Trinajstić information content (AvgIpc) is 3.00. The number of aromatic nitrogens is 2. The van der Waals surface area contributed by atoms with Gasteiger partial charge in [0.15, 0.2) is 0 Å². The molecule has 1 aromatic heterocycles. The molecule has 2 unspecified atom stereocenters. The molecular formula is C17H31N3O. The molecule has 1 N–H and O–H groups in total. The Morgan fingerprint density at radius 3 is 2.81 bits per heavy atom. The van der Waals surface area contributed by atoms with Crippen molar-refractivity contribution < 1.29 is 5.11 Å². The van der Waals surface area contributed by atoms with E-state index in [1.54, 1.807) is 0 Å². The van der Waals surface area contributed by atoms with Gasteiger partial charge in [-0.2, -0.15) is 5.10 Å². The van der Waals surface area contributed by atoms with E-state index in [4.69, 9.17) is 5.11 Å². The van der Waals surface area contributed by atoms with Crippen LogP contribution in [-0.4, -0.2) is 39.0 Å². The molecule has 1 aliphatic rings. The minimum absolute atomic E-state index is 0.154. The molecule has 1 fully saturated rings. The summed E-state index contributed by atoms with van der Waals surface area (Å²) in [5.74, 6) is 0.783. The zero-order chi connectivity index (χ0) is 15.4. The van der Waals surface area contributed by atoms with Gasteiger partial charge in [0, 0.05) is 23.8 Å². The molecule has 0 aromatic carbocycles. The van der Waals surface area contributed by atoms with Gasteiger partial charge >= 0.3 is 0 Å². The number of hydrogen-bond donors (Lipinski definition) is 1. The topological polar surface area (TPSA) is 41.3 Å². The van der Waals surface area contributed by atoms with Gasteiger partial charge in [0.2, 0.25) is 0 Å². The summed E-state index contributed by atoms with van der Waals surface area (Å²) in [6.07, 6.45) is 5.26. The molecule has 4 heteroatoms. The van der Waals surface area contributed by atoms with Gasteiger partial charge in [-0.3, -0.25) is 9.58 Å². The molecule has 2 heterocycles. The van der Waals surface area contributed by atoms with Gasteiger partial charge in [0.25, 0.3) is 0 Å². The second kappa shape index (κ2) is 7.41. The lowest BCUT2D eigenvalue weighted by Gasteiger charge is -2.29. The largest absolute Gasteiger partial charge is 0.394 e. The van der Waals surface area contributed by atoms with Crippen LogP contribution in [0.3, 0.4) is 0 Å². The van der Waals surface area contributed by atoms with E-state index >= 15 is 0 Å². The van der Waals surface area contributed by atoms with E-state index in [0.29, 0.717) is 6.54 Å². The summed E-state index contributed by atoms with van der Waals surface area (Å²) in [5, 5.41) is 13.7. The Labute approximate surface area is 129 Å². The quantitative estimate of drug-likeness (QED) is 0.840. The minimum atomic E-state index is 0.154. The van der Waals surface area contributed by atoms with Crippen molar-refractivity contribution in [1.29, 1.82) is 0 Å². The van der Waals surface area contributed by atoms with Crippen LogP contribution in [0.1, 0.15) is 56.5 Å². The van der Waals surface area contributed by atoms with Crippen molar-refractivity contribution in [1.82, 2.24) is 14.7 Å². The molecule has 1 aliphatic heterocycles. The first-order valence-electron chi connectivity index (χ1n) is 8.46. The molecule has 120 valence electrons. The summed E-state index contributed by atoms with van der Waals surface area (Å²) in [7, 11) is 0. The molecule has 1 saturated heterocycles. The van der Waals surface area contributed by atoms with Crippen LogP contribution in [0, 0.1) is 19.8 Å². The SMILES string of the molecule is CCCC(C)C1CCCN1Cc1c(C)nn(CCO)c1C. The summed E-state index contributed by atoms with van der Waals surface area (Å²) in [4.78, 5) is 2.65. The van der Waals surface area contributed by atoms with Crippen LogP contribution < -0.4 is 0 Å². The lowest BCUT2D eigenvalue weighted by Crippen LogP contribution is -2.34. The summed E-state index contributed by atoms with van der Waals surface area (Å²) in [6, 6.07) is 0.727. The van der Waals surface area contributed by atoms with Crippen LogP contribution in [-0.2, 0) is 13.1 Å². The van der Waals surface area contributed by atoms with E-state index in [-0.39, 0.29) is 6.61 Å². The standard InChI is InChI=1S/C17H31N3O/c1-5-7-13(2)17-8-6-9-19(17)12-16-14(3)18-20(10-11-21)15(16)4/h13,17,21H,5-12H2,1-4H3. The van der Waals surface area contributed by atoms with Gasteiger partial charge in [0.1, 0.15) is 0 Å². The predicted molar refractivity (Wildman–Crippen MR) is 86.3 cm³/mol. The molecule has 0 radical (unpaired) electrons. The summed E-state index contributed by atoms with van der Waals surface area (Å²) in [6.45, 7) is 11.9. The van der Waals surface area contributed by atoms with Gasteiger partial charge in [-0.25, -0.2) is 0 Å². The zero-order valence-electron chi connectivity index (χ0n) is 14.1. The van der Waals surface area contributed by atoms with Gasteiger partial charge in [-0.05, 0) is 45.6 Å². The van der Waals surface area contributed by atoms with Crippen LogP contribution in [0.5, 0.6) is 0 Å². The van der Waals surface area contributed by atoms with E-state index in [1.165, 1.54) is 43.5 Å². The van der Waals surface area contributed by atoms with E-state index in [0.717, 1.165) is 24.2 Å². The first kappa shape index (κ1) is 16.5. The molecule has 0 aliphatic carbocycles. The van der Waals surface area contributed by atoms with Gasteiger partial charge < -0.3 is 5.11 Å². The predicted octanol–water partition coefficient (Wildman–Crippen LogP) is 2.89. The molecule has 0 amide bonds. The molecule has 2 atom stereocenters. The Morgan fingerprint density at radius 2 is 2.14 bits per heavy atom. The van der Waals surface area contributed by atoms with Crippen LogP contribution in [0.4, 0.5) is 0 Å². The van der Waals surface area contributed by atoms with Crippen LogP contribution in [0.15, 0.2) is 0 Å². The number of likely N-dealkylation sites (tertiary alicyclic amines) is 1. The van der Waals surface area contributed by atoms with Crippen LogP contribution >= 0.6 is 0 Å². The number of rotatable bonds is 7. The fourth-order valence-electron chi connectivity index (χ4n) is 3.82. The van der Waals surface area contributed by atoms with Gasteiger partial charge in [-0.1, -0.05) is 20.3 Å². The lowest BCUT2D eigenvalue weighted by atomic mass is 9.94. The zero-order valence-corrected chi connectivity index (χ0v) is 14.1. The maximum Gasteiger partial charge on any atom is 0.0644 e.